The van der Waals surface area contributed by atoms with Crippen LogP contribution >= 0.6 is 0 Å². The minimum Gasteiger partial charge on any atom is -0.339 e. The minimum absolute atomic E-state index is 0.292. The smallest absolute Gasteiger partial charge is 0.274 e. The zero-order chi connectivity index (χ0) is 20.7. The van der Waals surface area contributed by atoms with Crippen molar-refractivity contribution in [3.8, 4) is 11.3 Å². The van der Waals surface area contributed by atoms with Gasteiger partial charge in [0.1, 0.15) is 12.2 Å². The first-order valence-electron chi connectivity index (χ1n) is 10.7. The van der Waals surface area contributed by atoms with Gasteiger partial charge in [0.2, 0.25) is 0 Å². The Bertz CT molecular complexity index is 1130. The molecule has 7 heteroatoms. The number of carbonyl (C=O) groups excluding carboxylic acids is 1. The summed E-state index contributed by atoms with van der Waals surface area (Å²) < 4.78 is 14.2. The van der Waals surface area contributed by atoms with Crippen LogP contribution in [0.1, 0.15) is 60.4 Å². The maximum atomic E-state index is 13.0. The Morgan fingerprint density at radius 2 is 1.90 bits per heavy atom. The fourth-order valence-corrected chi connectivity index (χ4v) is 4.69. The molecule has 1 saturated carbocycles. The van der Waals surface area contributed by atoms with Crippen LogP contribution in [0.15, 0.2) is 41.3 Å². The third-order valence-corrected chi connectivity index (χ3v) is 6.61. The Balaban J connectivity index is 1.48. The molecule has 1 atom stereocenters. The highest BCUT2D eigenvalue weighted by Crippen LogP contribution is 2.33. The number of aromatic nitrogens is 3. The predicted octanol–water partition coefficient (Wildman–Crippen LogP) is 3.92. The van der Waals surface area contributed by atoms with Gasteiger partial charge >= 0.3 is 0 Å². The second-order valence-corrected chi connectivity index (χ2v) is 8.39. The number of H-pyrrole nitrogens is 1. The van der Waals surface area contributed by atoms with Crippen molar-refractivity contribution in [1.82, 2.24) is 19.5 Å². The SMILES string of the molecule is O=C(c1cnn2c(=O)cc(-c3ccc(C4CCCCC4)cc3)[nH]c12)N1CC[C@@H]1CF. The van der Waals surface area contributed by atoms with Gasteiger partial charge in [0.25, 0.3) is 11.5 Å². The number of hydrogen-bond donors (Lipinski definition) is 1. The number of fused-ring (bicyclic) bond motifs is 1. The second-order valence-electron chi connectivity index (χ2n) is 8.39. The van der Waals surface area contributed by atoms with E-state index >= 15 is 0 Å². The highest BCUT2D eigenvalue weighted by Gasteiger charge is 2.34. The molecule has 1 N–H and O–H groups in total. The molecule has 1 aliphatic carbocycles. The molecule has 1 amide bonds. The number of aromatic amines is 1. The highest BCUT2D eigenvalue weighted by atomic mass is 19.1. The molecule has 3 aromatic rings. The summed E-state index contributed by atoms with van der Waals surface area (Å²) in [6, 6.07) is 9.45. The number of rotatable bonds is 4. The van der Waals surface area contributed by atoms with E-state index in [1.54, 1.807) is 0 Å². The van der Waals surface area contributed by atoms with E-state index in [1.807, 2.05) is 12.1 Å². The zero-order valence-electron chi connectivity index (χ0n) is 16.8. The number of likely N-dealkylation sites (tertiary alicyclic amines) is 1. The molecule has 2 fully saturated rings. The van der Waals surface area contributed by atoms with Crippen LogP contribution in [-0.4, -0.2) is 44.7 Å². The molecule has 6 nitrogen and oxygen atoms in total. The van der Waals surface area contributed by atoms with Crippen molar-refractivity contribution in [2.45, 2.75) is 50.5 Å². The fourth-order valence-electron chi connectivity index (χ4n) is 4.69. The van der Waals surface area contributed by atoms with Gasteiger partial charge in [0, 0.05) is 12.6 Å². The summed E-state index contributed by atoms with van der Waals surface area (Å²) in [6.07, 6.45) is 8.42. The van der Waals surface area contributed by atoms with Gasteiger partial charge in [0.05, 0.1) is 17.9 Å². The maximum Gasteiger partial charge on any atom is 0.274 e. The van der Waals surface area contributed by atoms with Crippen LogP contribution in [0.2, 0.25) is 0 Å². The largest absolute Gasteiger partial charge is 0.339 e. The molecular weight excluding hydrogens is 383 g/mol. The topological polar surface area (TPSA) is 70.5 Å². The lowest BCUT2D eigenvalue weighted by molar-refractivity contribution is 0.0404. The monoisotopic (exact) mass is 408 g/mol. The van der Waals surface area contributed by atoms with Crippen LogP contribution in [0.3, 0.4) is 0 Å². The van der Waals surface area contributed by atoms with Crippen molar-refractivity contribution in [2.24, 2.45) is 0 Å². The molecule has 1 saturated heterocycles. The third kappa shape index (κ3) is 3.22. The average Bonchev–Trinajstić information content (AvgIpc) is 3.19. The first-order valence-corrected chi connectivity index (χ1v) is 10.7. The molecule has 2 aliphatic rings. The summed E-state index contributed by atoms with van der Waals surface area (Å²) in [5.41, 5.74) is 3.22. The quantitative estimate of drug-likeness (QED) is 0.711. The molecule has 30 heavy (non-hydrogen) atoms. The first kappa shape index (κ1) is 19.0. The van der Waals surface area contributed by atoms with Crippen molar-refractivity contribution in [2.75, 3.05) is 13.2 Å². The Morgan fingerprint density at radius 1 is 1.13 bits per heavy atom. The van der Waals surface area contributed by atoms with Gasteiger partial charge in [0.15, 0.2) is 5.65 Å². The molecule has 1 aliphatic heterocycles. The Labute approximate surface area is 173 Å². The Hall–Kier alpha value is -2.96. The molecule has 0 spiro atoms. The van der Waals surface area contributed by atoms with E-state index < -0.39 is 6.67 Å². The average molecular weight is 408 g/mol. The van der Waals surface area contributed by atoms with E-state index in [1.165, 1.54) is 59.3 Å². The van der Waals surface area contributed by atoms with Crippen molar-refractivity contribution < 1.29 is 9.18 Å². The van der Waals surface area contributed by atoms with Crippen molar-refractivity contribution in [3.63, 3.8) is 0 Å². The Kier molecular flexibility index (Phi) is 4.89. The minimum atomic E-state index is -0.555. The summed E-state index contributed by atoms with van der Waals surface area (Å²) in [5.74, 6) is 0.327. The summed E-state index contributed by atoms with van der Waals surface area (Å²) in [7, 11) is 0. The number of carbonyl (C=O) groups is 1. The van der Waals surface area contributed by atoms with Gasteiger partial charge < -0.3 is 9.88 Å². The van der Waals surface area contributed by atoms with Gasteiger partial charge in [-0.15, -0.1) is 0 Å². The summed E-state index contributed by atoms with van der Waals surface area (Å²) in [5, 5.41) is 4.07. The second kappa shape index (κ2) is 7.70. The lowest BCUT2D eigenvalue weighted by Gasteiger charge is -2.39. The molecule has 0 unspecified atom stereocenters. The predicted molar refractivity (Wildman–Crippen MR) is 112 cm³/mol. The molecule has 0 bridgehead atoms. The van der Waals surface area contributed by atoms with E-state index in [-0.39, 0.29) is 17.5 Å². The van der Waals surface area contributed by atoms with E-state index in [4.69, 9.17) is 0 Å². The summed E-state index contributed by atoms with van der Waals surface area (Å²) in [4.78, 5) is 30.1. The van der Waals surface area contributed by atoms with Crippen molar-refractivity contribution >= 4 is 11.6 Å². The van der Waals surface area contributed by atoms with Crippen LogP contribution in [0.5, 0.6) is 0 Å². The van der Waals surface area contributed by atoms with E-state index in [0.29, 0.717) is 35.8 Å². The van der Waals surface area contributed by atoms with Gasteiger partial charge in [-0.1, -0.05) is 43.5 Å². The van der Waals surface area contributed by atoms with E-state index in [2.05, 4.69) is 22.2 Å². The van der Waals surface area contributed by atoms with Crippen LogP contribution in [0.25, 0.3) is 16.9 Å². The number of benzene rings is 1. The van der Waals surface area contributed by atoms with Gasteiger partial charge in [-0.2, -0.15) is 9.61 Å². The van der Waals surface area contributed by atoms with Gasteiger partial charge in [-0.3, -0.25) is 9.59 Å². The number of hydrogen-bond acceptors (Lipinski definition) is 3. The molecule has 2 aromatic heterocycles. The standard InChI is InChI=1S/C23H25FN4O2/c24-13-18-10-11-27(18)23(30)19-14-25-28-21(29)12-20(26-22(19)28)17-8-6-16(7-9-17)15-4-2-1-3-5-15/h6-9,12,14-15,18,26H,1-5,10-11,13H2/t18-/m1/s1. The number of halogens is 1. The van der Waals surface area contributed by atoms with E-state index in [0.717, 1.165) is 5.56 Å². The van der Waals surface area contributed by atoms with Crippen LogP contribution in [0, 0.1) is 0 Å². The van der Waals surface area contributed by atoms with Crippen molar-refractivity contribution in [1.29, 1.82) is 0 Å². The third-order valence-electron chi connectivity index (χ3n) is 6.61. The number of amides is 1. The van der Waals surface area contributed by atoms with Crippen molar-refractivity contribution in [3.05, 3.63) is 58.0 Å². The van der Waals surface area contributed by atoms with Gasteiger partial charge in [-0.25, -0.2) is 4.39 Å². The van der Waals surface area contributed by atoms with Crippen LogP contribution in [0.4, 0.5) is 4.39 Å². The zero-order valence-corrected chi connectivity index (χ0v) is 16.8. The summed E-state index contributed by atoms with van der Waals surface area (Å²) in [6.45, 7) is -0.0304. The molecule has 3 heterocycles. The number of nitrogens with one attached hydrogen (secondary N) is 1. The molecular formula is C23H25FN4O2. The van der Waals surface area contributed by atoms with E-state index in [9.17, 15) is 14.0 Å². The summed E-state index contributed by atoms with van der Waals surface area (Å²) >= 11 is 0. The van der Waals surface area contributed by atoms with Crippen LogP contribution in [-0.2, 0) is 0 Å². The lowest BCUT2D eigenvalue weighted by Crippen LogP contribution is -2.52. The first-order chi connectivity index (χ1) is 14.7. The molecule has 1 aromatic carbocycles. The molecule has 0 radical (unpaired) electrons. The highest BCUT2D eigenvalue weighted by molar-refractivity contribution is 6.00. The number of alkyl halides is 1. The van der Waals surface area contributed by atoms with Crippen LogP contribution < -0.4 is 5.56 Å². The number of nitrogens with zero attached hydrogens (tertiary/aromatic N) is 3. The molecule has 156 valence electrons. The normalized spacial score (nSPS) is 19.8. The molecule has 5 rings (SSSR count). The Morgan fingerprint density at radius 3 is 2.57 bits per heavy atom. The van der Waals surface area contributed by atoms with Gasteiger partial charge in [-0.05, 0) is 36.3 Å². The maximum absolute atomic E-state index is 13.0. The lowest BCUT2D eigenvalue weighted by atomic mass is 9.84. The fraction of sp³-hybridized carbons (Fsp3) is 0.435.